The second-order valence-electron chi connectivity index (χ2n) is 11.4. The molecule has 2 fully saturated rings. The lowest BCUT2D eigenvalue weighted by Gasteiger charge is -2.53. The van der Waals surface area contributed by atoms with E-state index in [1.807, 2.05) is 0 Å². The number of alkyl halides is 1. The molecule has 7 atom stereocenters. The summed E-state index contributed by atoms with van der Waals surface area (Å²) in [6.45, 7) is 1.10. The van der Waals surface area contributed by atoms with Crippen molar-refractivity contribution < 1.29 is 39.2 Å². The van der Waals surface area contributed by atoms with Crippen molar-refractivity contribution in [1.82, 2.24) is 10.2 Å². The zero-order chi connectivity index (χ0) is 29.1. The van der Waals surface area contributed by atoms with Crippen LogP contribution in [0.5, 0.6) is 5.75 Å². The summed E-state index contributed by atoms with van der Waals surface area (Å²) in [5.41, 5.74) is 4.10. The number of nitrogens with zero attached hydrogens (tertiary/aromatic N) is 2. The lowest BCUT2D eigenvalue weighted by Crippen LogP contribution is -2.73. The third-order valence-electron chi connectivity index (χ3n) is 8.50. The van der Waals surface area contributed by atoms with Gasteiger partial charge in [-0.2, -0.15) is 0 Å². The van der Waals surface area contributed by atoms with Crippen molar-refractivity contribution in [3.63, 3.8) is 0 Å². The summed E-state index contributed by atoms with van der Waals surface area (Å²) >= 11 is 0. The first kappa shape index (κ1) is 28.9. The monoisotopic (exact) mass is 548 g/mol. The van der Waals surface area contributed by atoms with Crippen LogP contribution in [0.15, 0.2) is 11.6 Å². The number of fused-ring (bicyclic) bond motifs is 3. The van der Waals surface area contributed by atoms with Gasteiger partial charge < -0.3 is 41.3 Å². The molecule has 0 spiro atoms. The molecular weight excluding hydrogens is 511 g/mol. The predicted octanol–water partition coefficient (Wildman–Crippen LogP) is -0.357. The van der Waals surface area contributed by atoms with E-state index in [4.69, 9.17) is 5.73 Å². The molecule has 214 valence electrons. The van der Waals surface area contributed by atoms with E-state index in [0.29, 0.717) is 16.8 Å². The number of aliphatic hydroxyl groups is 3. The van der Waals surface area contributed by atoms with Crippen molar-refractivity contribution in [2.75, 3.05) is 39.8 Å². The number of ketones is 2. The molecule has 0 aliphatic heterocycles. The van der Waals surface area contributed by atoms with Crippen molar-refractivity contribution in [3.8, 4) is 5.75 Å². The van der Waals surface area contributed by atoms with Gasteiger partial charge in [-0.3, -0.25) is 14.4 Å². The Morgan fingerprint density at radius 3 is 2.44 bits per heavy atom. The number of primary amides is 1. The van der Waals surface area contributed by atoms with Crippen LogP contribution in [0.1, 0.15) is 30.0 Å². The fourth-order valence-electron chi connectivity index (χ4n) is 6.58. The fourth-order valence-corrected chi connectivity index (χ4v) is 6.58. The van der Waals surface area contributed by atoms with Gasteiger partial charge >= 0.3 is 0 Å². The van der Waals surface area contributed by atoms with Gasteiger partial charge in [-0.25, -0.2) is 4.39 Å². The van der Waals surface area contributed by atoms with Gasteiger partial charge in [-0.05, 0) is 51.4 Å². The number of aliphatic hydroxyl groups excluding tert-OH is 2. The first-order valence-electron chi connectivity index (χ1n) is 12.9. The number of Topliss-reactive ketones (excluding diaryl/α,β-unsaturated/α-hetero) is 2. The number of phenols is 1. The largest absolute Gasteiger partial charge is 0.507 e. The molecule has 4 unspecified atom stereocenters. The number of nitrogens with two attached hydrogens (primary N) is 1. The summed E-state index contributed by atoms with van der Waals surface area (Å²) in [7, 11) is 6.79. The van der Waals surface area contributed by atoms with Gasteiger partial charge in [0.15, 0.2) is 11.4 Å². The van der Waals surface area contributed by atoms with E-state index < -0.39 is 71.4 Å². The predicted molar refractivity (Wildman–Crippen MR) is 141 cm³/mol. The Bertz CT molecular complexity index is 1250. The van der Waals surface area contributed by atoms with E-state index in [1.165, 1.54) is 0 Å². The highest BCUT2D eigenvalue weighted by Gasteiger charge is 2.67. The summed E-state index contributed by atoms with van der Waals surface area (Å²) in [6, 6.07) is 0.299. The van der Waals surface area contributed by atoms with E-state index in [1.54, 1.807) is 51.0 Å². The summed E-state index contributed by atoms with van der Waals surface area (Å²) in [6.07, 6.45) is -1.29. The number of amides is 1. The Hall–Kier alpha value is -3.06. The maximum Gasteiger partial charge on any atom is 0.230 e. The van der Waals surface area contributed by atoms with Gasteiger partial charge in [0, 0.05) is 55.5 Å². The van der Waals surface area contributed by atoms with Crippen molar-refractivity contribution in [2.24, 2.45) is 23.5 Å². The molecule has 0 aromatic heterocycles. The highest BCUT2D eigenvalue weighted by atomic mass is 19.1. The minimum atomic E-state index is -2.71. The molecule has 7 N–H and O–H groups in total. The first-order chi connectivity index (χ1) is 18.2. The third-order valence-corrected chi connectivity index (χ3v) is 8.50. The maximum atomic E-state index is 14.0. The summed E-state index contributed by atoms with van der Waals surface area (Å²) in [4.78, 5) is 42.9. The second kappa shape index (κ2) is 10.2. The van der Waals surface area contributed by atoms with Crippen molar-refractivity contribution >= 4 is 28.9 Å². The Kier molecular flexibility index (Phi) is 7.54. The quantitative estimate of drug-likeness (QED) is 0.247. The molecule has 1 aromatic carbocycles. The van der Waals surface area contributed by atoms with Crippen LogP contribution in [0.25, 0.3) is 5.76 Å². The van der Waals surface area contributed by atoms with E-state index in [9.17, 15) is 39.2 Å². The van der Waals surface area contributed by atoms with Crippen LogP contribution in [0, 0.1) is 17.8 Å². The molecule has 3 aliphatic carbocycles. The number of phenolic OH excluding ortho intramolecular Hbond substituents is 1. The van der Waals surface area contributed by atoms with E-state index in [-0.39, 0.29) is 36.3 Å². The number of anilines is 1. The maximum absolute atomic E-state index is 14.0. The topological polar surface area (TPSA) is 177 Å². The third kappa shape index (κ3) is 4.30. The summed E-state index contributed by atoms with van der Waals surface area (Å²) in [5.74, 6) is -7.83. The summed E-state index contributed by atoms with van der Waals surface area (Å²) in [5, 5.41) is 48.3. The molecule has 3 aliphatic rings. The van der Waals surface area contributed by atoms with Gasteiger partial charge in [0.25, 0.3) is 0 Å². The molecule has 1 aromatic rings. The van der Waals surface area contributed by atoms with E-state index in [2.05, 4.69) is 5.32 Å². The van der Waals surface area contributed by atoms with Gasteiger partial charge in [-0.1, -0.05) is 0 Å². The number of halogens is 1. The molecule has 4 rings (SSSR count). The number of benzene rings is 1. The molecule has 2 saturated carbocycles. The highest BCUT2D eigenvalue weighted by Crippen LogP contribution is 2.53. The number of hydrogen-bond donors (Lipinski definition) is 6. The Labute approximate surface area is 226 Å². The Morgan fingerprint density at radius 1 is 1.26 bits per heavy atom. The number of rotatable bonds is 7. The Balaban J connectivity index is 1.90. The highest BCUT2D eigenvalue weighted by molar-refractivity contribution is 6.25. The standard InChI is InChI=1S/C27H37FN4O7/c1-11(9-28)30-10-13-8-16(31(2)3)14-6-12-7-15-20(32(4)5)23(35)19(26(29)38)25(37)27(15,39)24(36)17(12)22(34)18(14)21(13)33/h8,11-12,15,19-20,23,30,33-35,39H,6-7,9-10H2,1-5H3,(H2,29,38)/t11?,12-,15-,19?,20?,23?,27-/m1/s1. The molecule has 0 saturated heterocycles. The van der Waals surface area contributed by atoms with E-state index in [0.717, 1.165) is 0 Å². The van der Waals surface area contributed by atoms with Crippen molar-refractivity contribution in [1.29, 1.82) is 0 Å². The SMILES string of the molecule is CC(CF)NCc1cc(N(C)C)c2c(c1O)C(O)=C1C(=O)[C@@]3(O)C(=O)C(C(N)=O)C(O)C(N(C)C)[C@H]3C[C@H]1C2. The number of likely N-dealkylation sites (N-methyl/N-ethyl adjacent to an activating group) is 1. The smallest absolute Gasteiger partial charge is 0.230 e. The molecule has 0 bridgehead atoms. The van der Waals surface area contributed by atoms with Gasteiger partial charge in [-0.15, -0.1) is 0 Å². The lowest BCUT2D eigenvalue weighted by atomic mass is 9.54. The molecule has 39 heavy (non-hydrogen) atoms. The number of carbonyl (C=O) groups is 3. The van der Waals surface area contributed by atoms with Crippen LogP contribution in [-0.4, -0.2) is 101 Å². The summed E-state index contributed by atoms with van der Waals surface area (Å²) < 4.78 is 13.0. The fraction of sp³-hybridized carbons (Fsp3) is 0.593. The number of carbonyl (C=O) groups excluding carboxylic acids is 3. The molecule has 0 heterocycles. The lowest BCUT2D eigenvalue weighted by molar-refractivity contribution is -0.184. The minimum absolute atomic E-state index is 0.00598. The van der Waals surface area contributed by atoms with Crippen LogP contribution in [-0.2, 0) is 27.3 Å². The molecule has 1 amide bonds. The Morgan fingerprint density at radius 2 is 1.90 bits per heavy atom. The number of hydrogen-bond acceptors (Lipinski definition) is 10. The van der Waals surface area contributed by atoms with Gasteiger partial charge in [0.2, 0.25) is 11.7 Å². The van der Waals surface area contributed by atoms with Crippen molar-refractivity contribution in [3.05, 3.63) is 28.3 Å². The average molecular weight is 549 g/mol. The normalized spacial score (nSPS) is 31.1. The molecule has 0 radical (unpaired) electrons. The van der Waals surface area contributed by atoms with Crippen LogP contribution in [0.4, 0.5) is 10.1 Å². The minimum Gasteiger partial charge on any atom is -0.507 e. The number of nitrogens with one attached hydrogen (secondary N) is 1. The molecular formula is C27H37FN4O7. The molecule has 12 heteroatoms. The van der Waals surface area contributed by atoms with Crippen LogP contribution >= 0.6 is 0 Å². The number of aromatic hydroxyl groups is 1. The first-order valence-corrected chi connectivity index (χ1v) is 12.9. The van der Waals surface area contributed by atoms with Gasteiger partial charge in [0.05, 0.1) is 11.7 Å². The van der Waals surface area contributed by atoms with Crippen molar-refractivity contribution in [2.45, 2.75) is 50.1 Å². The second-order valence-corrected chi connectivity index (χ2v) is 11.4. The van der Waals surface area contributed by atoms with Crippen LogP contribution in [0.2, 0.25) is 0 Å². The zero-order valence-electron chi connectivity index (χ0n) is 22.7. The van der Waals surface area contributed by atoms with Crippen LogP contribution < -0.4 is 16.0 Å². The molecule has 11 nitrogen and oxygen atoms in total. The zero-order valence-corrected chi connectivity index (χ0v) is 22.7. The van der Waals surface area contributed by atoms with E-state index >= 15 is 0 Å². The van der Waals surface area contributed by atoms with Crippen LogP contribution in [0.3, 0.4) is 0 Å². The van der Waals surface area contributed by atoms with Gasteiger partial charge in [0.1, 0.15) is 24.1 Å². The average Bonchev–Trinajstić information content (AvgIpc) is 2.84.